The Bertz CT molecular complexity index is 690. The van der Waals surface area contributed by atoms with Gasteiger partial charge in [-0.25, -0.2) is 8.78 Å². The molecule has 1 fully saturated rings. The van der Waals surface area contributed by atoms with Crippen LogP contribution in [0.4, 0.5) is 8.78 Å². The van der Waals surface area contributed by atoms with Gasteiger partial charge in [0.2, 0.25) is 5.91 Å². The standard InChI is InChI=1S/C18H20F2N2OS/c19-16-5-4-14(11-17(16)20)13-21-6-2-7-22(9-8-21)18(23)12-15-3-1-10-24-15/h1,3-5,10-11H,2,6-9,12-13H2. The molecule has 0 radical (unpaired) electrons. The van der Waals surface area contributed by atoms with Gasteiger partial charge in [-0.05, 0) is 35.6 Å². The Balaban J connectivity index is 1.54. The number of thiophene rings is 1. The SMILES string of the molecule is O=C(Cc1cccs1)N1CCCN(Cc2ccc(F)c(F)c2)CC1. The molecular weight excluding hydrogens is 330 g/mol. The quantitative estimate of drug-likeness (QED) is 0.845. The second-order valence-electron chi connectivity index (χ2n) is 6.02. The fraction of sp³-hybridized carbons (Fsp3) is 0.389. The molecule has 0 spiro atoms. The summed E-state index contributed by atoms with van der Waals surface area (Å²) in [4.78, 5) is 17.6. The van der Waals surface area contributed by atoms with E-state index in [1.165, 1.54) is 12.1 Å². The van der Waals surface area contributed by atoms with E-state index in [-0.39, 0.29) is 5.91 Å². The molecule has 1 saturated heterocycles. The molecule has 6 heteroatoms. The minimum absolute atomic E-state index is 0.159. The van der Waals surface area contributed by atoms with E-state index in [1.807, 2.05) is 22.4 Å². The summed E-state index contributed by atoms with van der Waals surface area (Å²) in [6.07, 6.45) is 1.35. The first kappa shape index (κ1) is 17.0. The van der Waals surface area contributed by atoms with E-state index < -0.39 is 11.6 Å². The van der Waals surface area contributed by atoms with Crippen LogP contribution in [0, 0.1) is 11.6 Å². The maximum Gasteiger partial charge on any atom is 0.227 e. The van der Waals surface area contributed by atoms with Crippen LogP contribution >= 0.6 is 11.3 Å². The summed E-state index contributed by atoms with van der Waals surface area (Å²) in [5.74, 6) is -1.47. The van der Waals surface area contributed by atoms with Gasteiger partial charge in [-0.15, -0.1) is 11.3 Å². The van der Waals surface area contributed by atoms with Crippen molar-refractivity contribution in [1.29, 1.82) is 0 Å². The van der Waals surface area contributed by atoms with Crippen LogP contribution in [0.15, 0.2) is 35.7 Å². The maximum atomic E-state index is 13.3. The topological polar surface area (TPSA) is 23.6 Å². The van der Waals surface area contributed by atoms with Crippen molar-refractivity contribution in [3.05, 3.63) is 57.8 Å². The molecule has 1 amide bonds. The highest BCUT2D eigenvalue weighted by Gasteiger charge is 2.19. The summed E-state index contributed by atoms with van der Waals surface area (Å²) in [7, 11) is 0. The third kappa shape index (κ3) is 4.39. The average Bonchev–Trinajstić information content (AvgIpc) is 2.95. The second kappa shape index (κ2) is 7.85. The smallest absolute Gasteiger partial charge is 0.227 e. The third-order valence-electron chi connectivity index (χ3n) is 4.24. The van der Waals surface area contributed by atoms with E-state index in [0.717, 1.165) is 36.5 Å². The second-order valence-corrected chi connectivity index (χ2v) is 7.05. The lowest BCUT2D eigenvalue weighted by Crippen LogP contribution is -2.35. The summed E-state index contributed by atoms with van der Waals surface area (Å²) >= 11 is 1.60. The number of hydrogen-bond acceptors (Lipinski definition) is 3. The lowest BCUT2D eigenvalue weighted by atomic mass is 10.2. The molecule has 1 aromatic heterocycles. The van der Waals surface area contributed by atoms with Gasteiger partial charge in [0, 0.05) is 37.6 Å². The molecule has 1 aliphatic rings. The van der Waals surface area contributed by atoms with Crippen molar-refractivity contribution >= 4 is 17.2 Å². The number of amides is 1. The van der Waals surface area contributed by atoms with Gasteiger partial charge < -0.3 is 4.90 Å². The van der Waals surface area contributed by atoms with Gasteiger partial charge in [-0.2, -0.15) is 0 Å². The molecule has 3 rings (SSSR count). The van der Waals surface area contributed by atoms with Crippen LogP contribution in [-0.4, -0.2) is 41.9 Å². The van der Waals surface area contributed by atoms with Gasteiger partial charge in [0.25, 0.3) is 0 Å². The van der Waals surface area contributed by atoms with Crippen LogP contribution < -0.4 is 0 Å². The van der Waals surface area contributed by atoms with E-state index in [9.17, 15) is 13.6 Å². The third-order valence-corrected chi connectivity index (χ3v) is 5.11. The van der Waals surface area contributed by atoms with E-state index in [4.69, 9.17) is 0 Å². The fourth-order valence-corrected chi connectivity index (χ4v) is 3.64. The monoisotopic (exact) mass is 350 g/mol. The predicted octanol–water partition coefficient (Wildman–Crippen LogP) is 3.30. The van der Waals surface area contributed by atoms with Gasteiger partial charge in [0.15, 0.2) is 11.6 Å². The van der Waals surface area contributed by atoms with Crippen molar-refractivity contribution in [2.45, 2.75) is 19.4 Å². The Hall–Kier alpha value is -1.79. The van der Waals surface area contributed by atoms with E-state index in [1.54, 1.807) is 17.4 Å². The Morgan fingerprint density at radius 1 is 1.08 bits per heavy atom. The zero-order valence-electron chi connectivity index (χ0n) is 13.4. The Labute approximate surface area is 144 Å². The number of carbonyl (C=O) groups is 1. The number of halogens is 2. The number of carbonyl (C=O) groups excluding carboxylic acids is 1. The molecule has 0 aliphatic carbocycles. The van der Waals surface area contributed by atoms with E-state index in [0.29, 0.717) is 19.5 Å². The lowest BCUT2D eigenvalue weighted by molar-refractivity contribution is -0.130. The van der Waals surface area contributed by atoms with Crippen LogP contribution in [0.3, 0.4) is 0 Å². The summed E-state index contributed by atoms with van der Waals surface area (Å²) in [6.45, 7) is 3.59. The fourth-order valence-electron chi connectivity index (χ4n) is 2.95. The highest BCUT2D eigenvalue weighted by atomic mass is 32.1. The molecule has 1 aliphatic heterocycles. The van der Waals surface area contributed by atoms with Gasteiger partial charge in [0.05, 0.1) is 6.42 Å². The van der Waals surface area contributed by atoms with E-state index in [2.05, 4.69) is 4.90 Å². The van der Waals surface area contributed by atoms with Gasteiger partial charge >= 0.3 is 0 Å². The molecule has 3 nitrogen and oxygen atoms in total. The molecule has 2 aromatic rings. The molecule has 128 valence electrons. The van der Waals surface area contributed by atoms with Crippen molar-refractivity contribution in [1.82, 2.24) is 9.80 Å². The summed E-state index contributed by atoms with van der Waals surface area (Å²) in [5, 5.41) is 1.98. The lowest BCUT2D eigenvalue weighted by Gasteiger charge is -2.22. The minimum atomic E-state index is -0.819. The zero-order valence-corrected chi connectivity index (χ0v) is 14.2. The molecule has 1 aromatic carbocycles. The molecule has 0 N–H and O–H groups in total. The Morgan fingerprint density at radius 2 is 1.96 bits per heavy atom. The average molecular weight is 350 g/mol. The number of hydrogen-bond donors (Lipinski definition) is 0. The predicted molar refractivity (Wildman–Crippen MR) is 90.9 cm³/mol. The normalized spacial score (nSPS) is 16.2. The van der Waals surface area contributed by atoms with Crippen LogP contribution in [0.25, 0.3) is 0 Å². The van der Waals surface area contributed by atoms with Crippen LogP contribution in [0.2, 0.25) is 0 Å². The highest BCUT2D eigenvalue weighted by molar-refractivity contribution is 7.10. The van der Waals surface area contributed by atoms with Crippen LogP contribution in [0.1, 0.15) is 16.9 Å². The first-order valence-corrected chi connectivity index (χ1v) is 8.96. The van der Waals surface area contributed by atoms with Gasteiger partial charge in [-0.1, -0.05) is 12.1 Å². The molecule has 24 heavy (non-hydrogen) atoms. The van der Waals surface area contributed by atoms with Crippen molar-refractivity contribution < 1.29 is 13.6 Å². The largest absolute Gasteiger partial charge is 0.341 e. The van der Waals surface area contributed by atoms with Crippen molar-refractivity contribution in [3.8, 4) is 0 Å². The first-order chi connectivity index (χ1) is 11.6. The highest BCUT2D eigenvalue weighted by Crippen LogP contribution is 2.15. The summed E-state index contributed by atoms with van der Waals surface area (Å²) in [5.41, 5.74) is 0.757. The summed E-state index contributed by atoms with van der Waals surface area (Å²) < 4.78 is 26.3. The van der Waals surface area contributed by atoms with Crippen molar-refractivity contribution in [2.75, 3.05) is 26.2 Å². The summed E-state index contributed by atoms with van der Waals surface area (Å²) in [6, 6.07) is 7.97. The zero-order chi connectivity index (χ0) is 16.9. The van der Waals surface area contributed by atoms with Crippen molar-refractivity contribution in [3.63, 3.8) is 0 Å². The van der Waals surface area contributed by atoms with Crippen LogP contribution in [0.5, 0.6) is 0 Å². The molecule has 2 heterocycles. The maximum absolute atomic E-state index is 13.3. The number of benzene rings is 1. The van der Waals surface area contributed by atoms with Crippen LogP contribution in [-0.2, 0) is 17.8 Å². The molecule has 0 atom stereocenters. The van der Waals surface area contributed by atoms with Gasteiger partial charge in [-0.3, -0.25) is 9.69 Å². The number of nitrogens with zero attached hydrogens (tertiary/aromatic N) is 2. The van der Waals surface area contributed by atoms with Gasteiger partial charge in [0.1, 0.15) is 0 Å². The molecular formula is C18H20F2N2OS. The minimum Gasteiger partial charge on any atom is -0.341 e. The molecule has 0 bridgehead atoms. The Kier molecular flexibility index (Phi) is 5.58. The van der Waals surface area contributed by atoms with E-state index >= 15 is 0 Å². The number of rotatable bonds is 4. The Morgan fingerprint density at radius 3 is 2.71 bits per heavy atom. The molecule has 0 unspecified atom stereocenters. The molecule has 0 saturated carbocycles. The van der Waals surface area contributed by atoms with Crippen molar-refractivity contribution in [2.24, 2.45) is 0 Å². The first-order valence-electron chi connectivity index (χ1n) is 8.08.